The van der Waals surface area contributed by atoms with E-state index in [4.69, 9.17) is 9.47 Å². The molecular formula is C16H17NO3. The van der Waals surface area contributed by atoms with Crippen molar-refractivity contribution in [3.8, 4) is 5.75 Å². The molecule has 0 aromatic heterocycles. The van der Waals surface area contributed by atoms with Crippen molar-refractivity contribution in [1.82, 2.24) is 4.90 Å². The van der Waals surface area contributed by atoms with Gasteiger partial charge in [-0.25, -0.2) is 0 Å². The fourth-order valence-corrected chi connectivity index (χ4v) is 2.64. The van der Waals surface area contributed by atoms with E-state index in [1.54, 1.807) is 7.11 Å². The van der Waals surface area contributed by atoms with Gasteiger partial charge in [-0.15, -0.1) is 0 Å². The molecule has 3 rings (SSSR count). The van der Waals surface area contributed by atoms with E-state index in [-0.39, 0.29) is 18.6 Å². The van der Waals surface area contributed by atoms with E-state index in [2.05, 4.69) is 6.08 Å². The number of methoxy groups -OCH3 is 1. The Balaban J connectivity index is 1.86. The van der Waals surface area contributed by atoms with Crippen LogP contribution >= 0.6 is 0 Å². The summed E-state index contributed by atoms with van der Waals surface area (Å²) in [6, 6.07) is 7.80. The highest BCUT2D eigenvalue weighted by molar-refractivity contribution is 5.79. The third-order valence-electron chi connectivity index (χ3n) is 3.68. The zero-order valence-electron chi connectivity index (χ0n) is 11.4. The molecule has 1 saturated heterocycles. The van der Waals surface area contributed by atoms with Crippen LogP contribution in [-0.4, -0.2) is 30.6 Å². The summed E-state index contributed by atoms with van der Waals surface area (Å²) in [4.78, 5) is 14.0. The maximum Gasteiger partial charge on any atom is 0.261 e. The number of carbonyl (C=O) groups excluding carboxylic acids is 1. The van der Waals surface area contributed by atoms with Gasteiger partial charge in [-0.1, -0.05) is 30.4 Å². The molecule has 1 aliphatic carbocycles. The lowest BCUT2D eigenvalue weighted by molar-refractivity contribution is -0.143. The van der Waals surface area contributed by atoms with Gasteiger partial charge >= 0.3 is 0 Å². The molecule has 2 aliphatic rings. The van der Waals surface area contributed by atoms with E-state index >= 15 is 0 Å². The van der Waals surface area contributed by atoms with Crippen LogP contribution in [0.4, 0.5) is 0 Å². The molecule has 1 atom stereocenters. The van der Waals surface area contributed by atoms with Crippen LogP contribution in [0.1, 0.15) is 12.0 Å². The Bertz CT molecular complexity index is 577. The Morgan fingerprint density at radius 2 is 2.25 bits per heavy atom. The van der Waals surface area contributed by atoms with Crippen LogP contribution in [-0.2, 0) is 16.1 Å². The lowest BCUT2D eigenvalue weighted by Crippen LogP contribution is -2.47. The number of morpholine rings is 1. The van der Waals surface area contributed by atoms with Crippen LogP contribution in [0.3, 0.4) is 0 Å². The molecule has 4 heteroatoms. The Morgan fingerprint density at radius 1 is 1.40 bits per heavy atom. The van der Waals surface area contributed by atoms with Crippen LogP contribution < -0.4 is 4.74 Å². The van der Waals surface area contributed by atoms with Crippen LogP contribution in [0.15, 0.2) is 48.3 Å². The normalized spacial score (nSPS) is 21.1. The topological polar surface area (TPSA) is 38.8 Å². The van der Waals surface area contributed by atoms with Gasteiger partial charge in [-0.3, -0.25) is 4.79 Å². The summed E-state index contributed by atoms with van der Waals surface area (Å²) >= 11 is 0. The van der Waals surface area contributed by atoms with Crippen LogP contribution in [0.25, 0.3) is 0 Å². The molecule has 1 aromatic rings. The maximum absolute atomic E-state index is 12.2. The average molecular weight is 271 g/mol. The van der Waals surface area contributed by atoms with Crippen LogP contribution in [0.5, 0.6) is 5.75 Å². The Kier molecular flexibility index (Phi) is 3.46. The van der Waals surface area contributed by atoms with Gasteiger partial charge in [-0.2, -0.15) is 0 Å². The second-order valence-electron chi connectivity index (χ2n) is 4.87. The maximum atomic E-state index is 12.2. The number of ether oxygens (including phenoxy) is 2. The molecule has 1 heterocycles. The predicted octanol–water partition coefficient (Wildman–Crippen LogP) is 2.27. The third kappa shape index (κ3) is 2.29. The number of amides is 1. The summed E-state index contributed by atoms with van der Waals surface area (Å²) in [7, 11) is 1.65. The smallest absolute Gasteiger partial charge is 0.261 e. The van der Waals surface area contributed by atoms with Crippen molar-refractivity contribution < 1.29 is 14.3 Å². The minimum absolute atomic E-state index is 0.00571. The van der Waals surface area contributed by atoms with Crippen LogP contribution in [0, 0.1) is 0 Å². The first kappa shape index (κ1) is 12.8. The number of hydrogen-bond acceptors (Lipinski definition) is 3. The largest absolute Gasteiger partial charge is 0.496 e. The molecule has 1 aliphatic heterocycles. The molecule has 1 unspecified atom stereocenters. The van der Waals surface area contributed by atoms with E-state index in [9.17, 15) is 4.79 Å². The van der Waals surface area contributed by atoms with Gasteiger partial charge in [0, 0.05) is 5.56 Å². The summed E-state index contributed by atoms with van der Waals surface area (Å²) in [6.07, 6.45) is 6.77. The van der Waals surface area contributed by atoms with Crippen molar-refractivity contribution in [1.29, 1.82) is 0 Å². The first-order valence-electron chi connectivity index (χ1n) is 6.70. The van der Waals surface area contributed by atoms with Gasteiger partial charge in [0.05, 0.1) is 19.7 Å². The molecule has 1 fully saturated rings. The summed E-state index contributed by atoms with van der Waals surface area (Å²) in [5, 5.41) is 0. The number of benzene rings is 1. The fourth-order valence-electron chi connectivity index (χ4n) is 2.64. The Morgan fingerprint density at radius 3 is 3.10 bits per heavy atom. The zero-order chi connectivity index (χ0) is 13.9. The minimum Gasteiger partial charge on any atom is -0.496 e. The molecule has 104 valence electrons. The highest BCUT2D eigenvalue weighted by Crippen LogP contribution is 2.28. The van der Waals surface area contributed by atoms with Gasteiger partial charge in [0.1, 0.15) is 11.5 Å². The highest BCUT2D eigenvalue weighted by atomic mass is 16.5. The van der Waals surface area contributed by atoms with E-state index < -0.39 is 0 Å². The molecule has 1 amide bonds. The number of allylic oxidation sites excluding steroid dienone is 2. The number of nitrogens with zero attached hydrogens (tertiary/aromatic N) is 1. The molecule has 0 spiro atoms. The average Bonchev–Trinajstić information content (AvgIpc) is 2.50. The number of rotatable bonds is 3. The summed E-state index contributed by atoms with van der Waals surface area (Å²) in [5.41, 5.74) is 1.01. The number of para-hydroxylation sites is 1. The van der Waals surface area contributed by atoms with Crippen molar-refractivity contribution in [3.05, 3.63) is 53.8 Å². The second kappa shape index (κ2) is 5.41. The summed E-state index contributed by atoms with van der Waals surface area (Å²) in [5.74, 6) is 1.71. The molecular weight excluding hydrogens is 254 g/mol. The molecule has 0 saturated carbocycles. The van der Waals surface area contributed by atoms with E-state index in [0.717, 1.165) is 23.5 Å². The summed E-state index contributed by atoms with van der Waals surface area (Å²) in [6.45, 7) is 0.660. The van der Waals surface area contributed by atoms with Crippen LogP contribution in [0.2, 0.25) is 0 Å². The zero-order valence-corrected chi connectivity index (χ0v) is 11.4. The lowest BCUT2D eigenvalue weighted by atomic mass is 10.0. The Hall–Kier alpha value is -2.23. The van der Waals surface area contributed by atoms with Gasteiger partial charge in [0.2, 0.25) is 0 Å². The molecule has 1 aromatic carbocycles. The van der Waals surface area contributed by atoms with Crippen molar-refractivity contribution in [2.75, 3.05) is 13.7 Å². The van der Waals surface area contributed by atoms with Gasteiger partial charge in [-0.05, 0) is 18.6 Å². The number of hydrogen-bond donors (Lipinski definition) is 0. The van der Waals surface area contributed by atoms with E-state index in [0.29, 0.717) is 6.54 Å². The quantitative estimate of drug-likeness (QED) is 0.846. The number of carbonyl (C=O) groups is 1. The monoisotopic (exact) mass is 271 g/mol. The van der Waals surface area contributed by atoms with Crippen molar-refractivity contribution in [2.45, 2.75) is 19.0 Å². The van der Waals surface area contributed by atoms with E-state index in [1.165, 1.54) is 0 Å². The second-order valence-corrected chi connectivity index (χ2v) is 4.87. The number of fused-ring (bicyclic) bond motifs is 1. The highest BCUT2D eigenvalue weighted by Gasteiger charge is 2.33. The van der Waals surface area contributed by atoms with Crippen molar-refractivity contribution in [3.63, 3.8) is 0 Å². The summed E-state index contributed by atoms with van der Waals surface area (Å²) < 4.78 is 10.9. The Labute approximate surface area is 118 Å². The minimum atomic E-state index is 0.00571. The lowest BCUT2D eigenvalue weighted by Gasteiger charge is -2.38. The van der Waals surface area contributed by atoms with E-state index in [1.807, 2.05) is 41.3 Å². The van der Waals surface area contributed by atoms with Crippen molar-refractivity contribution >= 4 is 5.91 Å². The first-order chi connectivity index (χ1) is 9.79. The predicted molar refractivity (Wildman–Crippen MR) is 75.1 cm³/mol. The molecule has 0 N–H and O–H groups in total. The molecule has 0 bridgehead atoms. The van der Waals surface area contributed by atoms with Gasteiger partial charge < -0.3 is 14.4 Å². The van der Waals surface area contributed by atoms with Gasteiger partial charge in [0.25, 0.3) is 5.91 Å². The van der Waals surface area contributed by atoms with Crippen molar-refractivity contribution in [2.24, 2.45) is 0 Å². The van der Waals surface area contributed by atoms with Gasteiger partial charge in [0.15, 0.2) is 6.61 Å². The molecule has 20 heavy (non-hydrogen) atoms. The standard InChI is InChI=1S/C16H17NO3/c1-19-14-8-4-2-6-12(14)10-17-13-7-3-5-9-15(13)20-11-16(17)18/h2-6,8-9,13H,7,10-11H2,1H3. The first-order valence-corrected chi connectivity index (χ1v) is 6.70. The third-order valence-corrected chi connectivity index (χ3v) is 3.68. The molecule has 0 radical (unpaired) electrons. The molecule has 4 nitrogen and oxygen atoms in total. The fraction of sp³-hybridized carbons (Fsp3) is 0.312. The SMILES string of the molecule is COc1ccccc1CN1C(=O)COC2=CC=CCC21.